The van der Waals surface area contributed by atoms with Gasteiger partial charge in [0.15, 0.2) is 0 Å². The number of carbonyl (C=O) groups is 2. The quantitative estimate of drug-likeness (QED) is 0.764. The van der Waals surface area contributed by atoms with E-state index in [4.69, 9.17) is 10.2 Å². The van der Waals surface area contributed by atoms with Gasteiger partial charge in [0.1, 0.15) is 0 Å². The van der Waals surface area contributed by atoms with Crippen molar-refractivity contribution in [3.05, 3.63) is 0 Å². The summed E-state index contributed by atoms with van der Waals surface area (Å²) in [6, 6.07) is 0.0470. The van der Waals surface area contributed by atoms with Crippen LogP contribution in [-0.2, 0) is 4.79 Å². The molecule has 0 spiro atoms. The molecule has 2 aliphatic rings. The highest BCUT2D eigenvalue weighted by atomic mass is 16.4. The zero-order valence-electron chi connectivity index (χ0n) is 10.4. The first-order chi connectivity index (χ1) is 8.63. The predicted molar refractivity (Wildman–Crippen MR) is 64.1 cm³/mol. The van der Waals surface area contributed by atoms with Gasteiger partial charge in [-0.1, -0.05) is 0 Å². The standard InChI is InChI=1S/C12H20N2O4/c15-6-4-10-3-1-2-5-14(10)12(18)13-7-9(8-13)11(16)17/h9-10,15H,1-8H2,(H,16,17). The van der Waals surface area contributed by atoms with Crippen LogP contribution in [0.15, 0.2) is 0 Å². The maximum absolute atomic E-state index is 12.2. The molecule has 0 radical (unpaired) electrons. The number of nitrogens with zero attached hydrogens (tertiary/aromatic N) is 2. The van der Waals surface area contributed by atoms with Gasteiger partial charge in [-0.2, -0.15) is 0 Å². The summed E-state index contributed by atoms with van der Waals surface area (Å²) in [7, 11) is 0. The van der Waals surface area contributed by atoms with E-state index in [1.807, 2.05) is 0 Å². The number of hydrogen-bond donors (Lipinski definition) is 2. The van der Waals surface area contributed by atoms with Gasteiger partial charge in [-0.15, -0.1) is 0 Å². The van der Waals surface area contributed by atoms with Gasteiger partial charge in [0.25, 0.3) is 0 Å². The van der Waals surface area contributed by atoms with E-state index < -0.39 is 11.9 Å². The average molecular weight is 256 g/mol. The molecule has 2 saturated heterocycles. The molecule has 2 N–H and O–H groups in total. The highest BCUT2D eigenvalue weighted by Crippen LogP contribution is 2.24. The number of likely N-dealkylation sites (tertiary alicyclic amines) is 2. The van der Waals surface area contributed by atoms with Crippen LogP contribution >= 0.6 is 0 Å². The molecular weight excluding hydrogens is 236 g/mol. The molecule has 2 amide bonds. The van der Waals surface area contributed by atoms with E-state index >= 15 is 0 Å². The number of aliphatic hydroxyl groups is 1. The molecule has 18 heavy (non-hydrogen) atoms. The topological polar surface area (TPSA) is 81.1 Å². The molecule has 0 aromatic carbocycles. The molecule has 2 rings (SSSR count). The van der Waals surface area contributed by atoms with Gasteiger partial charge >= 0.3 is 12.0 Å². The Bertz CT molecular complexity index is 326. The van der Waals surface area contributed by atoms with Crippen molar-refractivity contribution in [1.82, 2.24) is 9.80 Å². The first-order valence-corrected chi connectivity index (χ1v) is 6.52. The number of hydrogen-bond acceptors (Lipinski definition) is 3. The Morgan fingerprint density at radius 2 is 1.94 bits per heavy atom. The first-order valence-electron chi connectivity index (χ1n) is 6.52. The largest absolute Gasteiger partial charge is 0.481 e. The van der Waals surface area contributed by atoms with E-state index in [2.05, 4.69) is 0 Å². The van der Waals surface area contributed by atoms with Crippen LogP contribution in [0.3, 0.4) is 0 Å². The summed E-state index contributed by atoms with van der Waals surface area (Å²) < 4.78 is 0. The third-order valence-electron chi connectivity index (χ3n) is 3.84. The van der Waals surface area contributed by atoms with Crippen LogP contribution in [0, 0.1) is 5.92 Å². The lowest BCUT2D eigenvalue weighted by Gasteiger charge is -2.44. The van der Waals surface area contributed by atoms with Crippen LogP contribution in [0.2, 0.25) is 0 Å². The number of carboxylic acids is 1. The van der Waals surface area contributed by atoms with Gasteiger partial charge in [0, 0.05) is 32.3 Å². The number of aliphatic hydroxyl groups excluding tert-OH is 1. The Hall–Kier alpha value is -1.30. The van der Waals surface area contributed by atoms with Crippen LogP contribution in [-0.4, -0.2) is 64.3 Å². The molecule has 2 fully saturated rings. The van der Waals surface area contributed by atoms with E-state index in [9.17, 15) is 9.59 Å². The predicted octanol–water partition coefficient (Wildman–Crippen LogP) is 0.360. The lowest BCUT2D eigenvalue weighted by Crippen LogP contribution is -2.59. The molecule has 1 atom stereocenters. The minimum Gasteiger partial charge on any atom is -0.481 e. The van der Waals surface area contributed by atoms with Crippen molar-refractivity contribution in [1.29, 1.82) is 0 Å². The Balaban J connectivity index is 1.89. The van der Waals surface area contributed by atoms with Gasteiger partial charge in [-0.3, -0.25) is 4.79 Å². The number of aliphatic carboxylic acids is 1. The molecule has 0 aromatic heterocycles. The van der Waals surface area contributed by atoms with Gasteiger partial charge in [0.2, 0.25) is 0 Å². The summed E-state index contributed by atoms with van der Waals surface area (Å²) in [5, 5.41) is 17.8. The van der Waals surface area contributed by atoms with Crippen molar-refractivity contribution in [2.45, 2.75) is 31.7 Å². The summed E-state index contributed by atoms with van der Waals surface area (Å²) in [6.07, 6.45) is 3.63. The van der Waals surface area contributed by atoms with Crippen LogP contribution in [0.4, 0.5) is 4.79 Å². The van der Waals surface area contributed by atoms with E-state index in [0.717, 1.165) is 25.8 Å². The van der Waals surface area contributed by atoms with Gasteiger partial charge in [-0.25, -0.2) is 4.79 Å². The monoisotopic (exact) mass is 256 g/mol. The summed E-state index contributed by atoms with van der Waals surface area (Å²) in [5.74, 6) is -1.24. The molecule has 2 heterocycles. The maximum Gasteiger partial charge on any atom is 0.320 e. The Morgan fingerprint density at radius 1 is 1.22 bits per heavy atom. The zero-order chi connectivity index (χ0) is 13.1. The number of piperidine rings is 1. The minimum atomic E-state index is -0.829. The lowest BCUT2D eigenvalue weighted by atomic mass is 9.98. The maximum atomic E-state index is 12.2. The normalized spacial score (nSPS) is 24.8. The first kappa shape index (κ1) is 13.1. The average Bonchev–Trinajstić information content (AvgIpc) is 2.27. The smallest absolute Gasteiger partial charge is 0.320 e. The second-order valence-corrected chi connectivity index (χ2v) is 5.08. The van der Waals surface area contributed by atoms with Crippen LogP contribution in [0.5, 0.6) is 0 Å². The summed E-state index contributed by atoms with van der Waals surface area (Å²) in [5.41, 5.74) is 0. The van der Waals surface area contributed by atoms with Crippen LogP contribution < -0.4 is 0 Å². The molecule has 0 aromatic rings. The van der Waals surface area contributed by atoms with Gasteiger partial charge in [0.05, 0.1) is 5.92 Å². The number of carbonyl (C=O) groups excluding carboxylic acids is 1. The number of urea groups is 1. The fourth-order valence-corrected chi connectivity index (χ4v) is 2.67. The molecule has 1 unspecified atom stereocenters. The molecule has 6 heteroatoms. The van der Waals surface area contributed by atoms with Crippen molar-refractivity contribution in [3.63, 3.8) is 0 Å². The lowest BCUT2D eigenvalue weighted by molar-refractivity contribution is -0.146. The van der Waals surface area contributed by atoms with E-state index in [1.54, 1.807) is 9.80 Å². The van der Waals surface area contributed by atoms with Crippen molar-refractivity contribution in [2.75, 3.05) is 26.2 Å². The van der Waals surface area contributed by atoms with Crippen LogP contribution in [0.25, 0.3) is 0 Å². The molecule has 6 nitrogen and oxygen atoms in total. The SMILES string of the molecule is O=C(O)C1CN(C(=O)N2CCCCC2CCO)C1. The Labute approximate surface area is 106 Å². The molecule has 0 saturated carbocycles. The van der Waals surface area contributed by atoms with Gasteiger partial charge in [-0.05, 0) is 25.7 Å². The van der Waals surface area contributed by atoms with E-state index in [0.29, 0.717) is 19.5 Å². The zero-order valence-corrected chi connectivity index (χ0v) is 10.4. The second-order valence-electron chi connectivity index (χ2n) is 5.08. The molecule has 102 valence electrons. The number of carboxylic acid groups (broad SMARTS) is 1. The second kappa shape index (κ2) is 5.56. The van der Waals surface area contributed by atoms with Crippen molar-refractivity contribution < 1.29 is 19.8 Å². The number of amides is 2. The van der Waals surface area contributed by atoms with Crippen molar-refractivity contribution in [2.24, 2.45) is 5.92 Å². The minimum absolute atomic E-state index is 0.0642. The fraction of sp³-hybridized carbons (Fsp3) is 0.833. The highest BCUT2D eigenvalue weighted by Gasteiger charge is 2.39. The summed E-state index contributed by atoms with van der Waals surface area (Å²) in [6.45, 7) is 1.44. The molecule has 0 bridgehead atoms. The fourth-order valence-electron chi connectivity index (χ4n) is 2.67. The Morgan fingerprint density at radius 3 is 2.56 bits per heavy atom. The summed E-state index contributed by atoms with van der Waals surface area (Å²) in [4.78, 5) is 26.3. The van der Waals surface area contributed by atoms with Crippen molar-refractivity contribution >= 4 is 12.0 Å². The molecular formula is C12H20N2O4. The van der Waals surface area contributed by atoms with Crippen molar-refractivity contribution in [3.8, 4) is 0 Å². The molecule has 0 aliphatic carbocycles. The number of rotatable bonds is 3. The van der Waals surface area contributed by atoms with Gasteiger partial charge < -0.3 is 20.0 Å². The molecule has 2 aliphatic heterocycles. The van der Waals surface area contributed by atoms with E-state index in [1.165, 1.54) is 0 Å². The third kappa shape index (κ3) is 2.58. The third-order valence-corrected chi connectivity index (χ3v) is 3.84. The Kier molecular flexibility index (Phi) is 4.06. The highest BCUT2D eigenvalue weighted by molar-refractivity contribution is 5.80. The van der Waals surface area contributed by atoms with Crippen LogP contribution in [0.1, 0.15) is 25.7 Å². The van der Waals surface area contributed by atoms with E-state index in [-0.39, 0.29) is 18.7 Å². The summed E-state index contributed by atoms with van der Waals surface area (Å²) >= 11 is 0.